The number of carbonyl (C=O) groups is 1. The standard InChI is InChI=1S/C23H29N5OS2/c1-15-11-16(2)14-28(13-15)10-6-9-24-22(29)19-12-21(31-23-27-26-17(3)30-23)25-20-8-5-4-7-18(19)20/h4-5,7-8,12,15-16H,6,9-11,13-14H2,1-3H3,(H,24,29). The van der Waals surface area contributed by atoms with Crippen LogP contribution in [-0.4, -0.2) is 52.2 Å². The van der Waals surface area contributed by atoms with Crippen molar-refractivity contribution in [3.8, 4) is 0 Å². The largest absolute Gasteiger partial charge is 0.352 e. The molecule has 6 nitrogen and oxygen atoms in total. The third-order valence-corrected chi connectivity index (χ3v) is 7.33. The Morgan fingerprint density at radius 3 is 2.74 bits per heavy atom. The number of piperidine rings is 1. The molecule has 0 saturated carbocycles. The average molecular weight is 456 g/mol. The van der Waals surface area contributed by atoms with Crippen LogP contribution in [0.1, 0.15) is 42.1 Å². The highest BCUT2D eigenvalue weighted by Crippen LogP contribution is 2.31. The monoisotopic (exact) mass is 455 g/mol. The number of likely N-dealkylation sites (tertiary alicyclic amines) is 1. The van der Waals surface area contributed by atoms with E-state index in [9.17, 15) is 4.79 Å². The maximum absolute atomic E-state index is 13.0. The smallest absolute Gasteiger partial charge is 0.252 e. The van der Waals surface area contributed by atoms with E-state index in [1.165, 1.54) is 42.6 Å². The van der Waals surface area contributed by atoms with Gasteiger partial charge in [0, 0.05) is 25.0 Å². The van der Waals surface area contributed by atoms with Crippen LogP contribution in [-0.2, 0) is 0 Å². The van der Waals surface area contributed by atoms with Gasteiger partial charge in [-0.25, -0.2) is 4.98 Å². The van der Waals surface area contributed by atoms with Crippen molar-refractivity contribution in [1.82, 2.24) is 25.4 Å². The van der Waals surface area contributed by atoms with Gasteiger partial charge in [-0.1, -0.05) is 43.4 Å². The van der Waals surface area contributed by atoms with E-state index in [4.69, 9.17) is 4.98 Å². The number of nitrogens with one attached hydrogen (secondary N) is 1. The third kappa shape index (κ3) is 5.81. The Labute approximate surface area is 191 Å². The highest BCUT2D eigenvalue weighted by atomic mass is 32.2. The van der Waals surface area contributed by atoms with Crippen molar-refractivity contribution in [3.05, 3.63) is 40.9 Å². The molecule has 2 atom stereocenters. The first-order valence-corrected chi connectivity index (χ1v) is 12.5. The zero-order valence-corrected chi connectivity index (χ0v) is 19.9. The molecule has 2 aromatic heterocycles. The predicted octanol–water partition coefficient (Wildman–Crippen LogP) is 4.64. The topological polar surface area (TPSA) is 71.0 Å². The molecule has 1 aromatic carbocycles. The number of aromatic nitrogens is 3. The van der Waals surface area contributed by atoms with Crippen molar-refractivity contribution < 1.29 is 4.79 Å². The number of para-hydroxylation sites is 1. The van der Waals surface area contributed by atoms with E-state index < -0.39 is 0 Å². The Morgan fingerprint density at radius 2 is 2.00 bits per heavy atom. The fourth-order valence-electron chi connectivity index (χ4n) is 4.37. The molecule has 164 valence electrons. The van der Waals surface area contributed by atoms with Gasteiger partial charge in [-0.2, -0.15) is 0 Å². The zero-order valence-electron chi connectivity index (χ0n) is 18.3. The maximum Gasteiger partial charge on any atom is 0.252 e. The highest BCUT2D eigenvalue weighted by molar-refractivity contribution is 8.01. The Balaban J connectivity index is 1.41. The molecule has 0 bridgehead atoms. The molecule has 1 aliphatic heterocycles. The first-order chi connectivity index (χ1) is 15.0. The van der Waals surface area contributed by atoms with Gasteiger partial charge in [0.25, 0.3) is 5.91 Å². The second-order valence-electron chi connectivity index (χ2n) is 8.53. The normalized spacial score (nSPS) is 19.6. The van der Waals surface area contributed by atoms with Crippen molar-refractivity contribution in [2.24, 2.45) is 11.8 Å². The summed E-state index contributed by atoms with van der Waals surface area (Å²) < 4.78 is 0.830. The summed E-state index contributed by atoms with van der Waals surface area (Å²) in [5, 5.41) is 13.9. The van der Waals surface area contributed by atoms with Crippen LogP contribution >= 0.6 is 23.1 Å². The number of rotatable bonds is 7. The van der Waals surface area contributed by atoms with Crippen LogP contribution in [0.3, 0.4) is 0 Å². The molecule has 1 fully saturated rings. The molecule has 8 heteroatoms. The number of amides is 1. The fraction of sp³-hybridized carbons (Fsp3) is 0.478. The Bertz CT molecular complexity index is 1040. The molecule has 0 spiro atoms. The van der Waals surface area contributed by atoms with Crippen LogP contribution in [0, 0.1) is 18.8 Å². The number of hydrogen-bond donors (Lipinski definition) is 1. The van der Waals surface area contributed by atoms with Crippen LogP contribution in [0.5, 0.6) is 0 Å². The Morgan fingerprint density at radius 1 is 1.23 bits per heavy atom. The Hall–Kier alpha value is -2.03. The summed E-state index contributed by atoms with van der Waals surface area (Å²) in [6, 6.07) is 9.66. The lowest BCUT2D eigenvalue weighted by Gasteiger charge is -2.34. The van der Waals surface area contributed by atoms with Gasteiger partial charge in [-0.15, -0.1) is 10.2 Å². The maximum atomic E-state index is 13.0. The number of benzene rings is 1. The minimum atomic E-state index is -0.0470. The SMILES string of the molecule is Cc1nnc(Sc2cc(C(=O)NCCCN3CC(C)CC(C)C3)c3ccccc3n2)s1. The fourth-order valence-corrected chi connectivity index (χ4v) is 6.16. The lowest BCUT2D eigenvalue weighted by atomic mass is 9.92. The van der Waals surface area contributed by atoms with Gasteiger partial charge in [0.15, 0.2) is 4.34 Å². The number of hydrogen-bond acceptors (Lipinski definition) is 7. The molecule has 0 radical (unpaired) electrons. The number of nitrogens with zero attached hydrogens (tertiary/aromatic N) is 4. The van der Waals surface area contributed by atoms with Crippen LogP contribution in [0.4, 0.5) is 0 Å². The summed E-state index contributed by atoms with van der Waals surface area (Å²) >= 11 is 2.98. The molecule has 1 aliphatic rings. The minimum absolute atomic E-state index is 0.0470. The van der Waals surface area contributed by atoms with E-state index in [1.807, 2.05) is 37.3 Å². The van der Waals surface area contributed by atoms with Crippen molar-refractivity contribution in [3.63, 3.8) is 0 Å². The second-order valence-corrected chi connectivity index (χ2v) is 11.0. The molecule has 1 amide bonds. The van der Waals surface area contributed by atoms with Crippen molar-refractivity contribution >= 4 is 39.9 Å². The van der Waals surface area contributed by atoms with E-state index in [-0.39, 0.29) is 5.91 Å². The molecule has 4 rings (SSSR count). The van der Waals surface area contributed by atoms with E-state index in [0.717, 1.165) is 50.1 Å². The van der Waals surface area contributed by atoms with Gasteiger partial charge >= 0.3 is 0 Å². The van der Waals surface area contributed by atoms with Crippen molar-refractivity contribution in [2.75, 3.05) is 26.2 Å². The van der Waals surface area contributed by atoms with Gasteiger partial charge in [0.2, 0.25) is 0 Å². The molecule has 31 heavy (non-hydrogen) atoms. The number of aryl methyl sites for hydroxylation is 1. The van der Waals surface area contributed by atoms with Gasteiger partial charge in [-0.05, 0) is 62.0 Å². The van der Waals surface area contributed by atoms with Crippen LogP contribution in [0.25, 0.3) is 10.9 Å². The van der Waals surface area contributed by atoms with Gasteiger partial charge in [0.05, 0.1) is 11.1 Å². The van der Waals surface area contributed by atoms with Crippen LogP contribution in [0.15, 0.2) is 39.7 Å². The third-order valence-electron chi connectivity index (χ3n) is 5.52. The van der Waals surface area contributed by atoms with Gasteiger partial charge in [-0.3, -0.25) is 4.79 Å². The molecule has 3 heterocycles. The van der Waals surface area contributed by atoms with E-state index in [1.54, 1.807) is 0 Å². The number of carbonyl (C=O) groups excluding carboxylic acids is 1. The Kier molecular flexibility index (Phi) is 7.20. The van der Waals surface area contributed by atoms with Crippen LogP contribution in [0.2, 0.25) is 0 Å². The minimum Gasteiger partial charge on any atom is -0.352 e. The average Bonchev–Trinajstić information content (AvgIpc) is 3.14. The van der Waals surface area contributed by atoms with E-state index in [0.29, 0.717) is 12.1 Å². The second kappa shape index (κ2) is 10.1. The molecule has 0 aliphatic carbocycles. The van der Waals surface area contributed by atoms with E-state index in [2.05, 4.69) is 34.3 Å². The summed E-state index contributed by atoms with van der Waals surface area (Å²) in [6.07, 6.45) is 2.28. The first kappa shape index (κ1) is 22.2. The quantitative estimate of drug-likeness (QED) is 0.523. The molecule has 1 saturated heterocycles. The van der Waals surface area contributed by atoms with Crippen molar-refractivity contribution in [1.29, 1.82) is 0 Å². The number of pyridine rings is 1. The summed E-state index contributed by atoms with van der Waals surface area (Å²) in [6.45, 7) is 10.6. The summed E-state index contributed by atoms with van der Waals surface area (Å²) in [4.78, 5) is 20.3. The highest BCUT2D eigenvalue weighted by Gasteiger charge is 2.21. The lowest BCUT2D eigenvalue weighted by molar-refractivity contribution is 0.0948. The summed E-state index contributed by atoms with van der Waals surface area (Å²) in [5.41, 5.74) is 1.48. The first-order valence-electron chi connectivity index (χ1n) is 10.9. The summed E-state index contributed by atoms with van der Waals surface area (Å²) in [5.74, 6) is 1.47. The predicted molar refractivity (Wildman–Crippen MR) is 127 cm³/mol. The molecular formula is C23H29N5OS2. The molecule has 1 N–H and O–H groups in total. The molecule has 3 aromatic rings. The van der Waals surface area contributed by atoms with Gasteiger partial charge in [0.1, 0.15) is 10.0 Å². The van der Waals surface area contributed by atoms with Crippen LogP contribution < -0.4 is 5.32 Å². The van der Waals surface area contributed by atoms with Gasteiger partial charge < -0.3 is 10.2 Å². The molecular weight excluding hydrogens is 426 g/mol. The molecule has 2 unspecified atom stereocenters. The lowest BCUT2D eigenvalue weighted by Crippen LogP contribution is -2.40. The van der Waals surface area contributed by atoms with E-state index >= 15 is 0 Å². The number of fused-ring (bicyclic) bond motifs is 1. The summed E-state index contributed by atoms with van der Waals surface area (Å²) in [7, 11) is 0. The van der Waals surface area contributed by atoms with Crippen molar-refractivity contribution in [2.45, 2.75) is 43.0 Å². The zero-order chi connectivity index (χ0) is 21.8.